The molecule has 1 fully saturated rings. The monoisotopic (exact) mass is 342 g/mol. The number of aliphatic hydroxyl groups is 1. The number of carbonyl (C=O) groups is 1. The van der Waals surface area contributed by atoms with E-state index in [0.29, 0.717) is 6.54 Å². The smallest absolute Gasteiger partial charge is 0.315 e. The Kier molecular flexibility index (Phi) is 5.71. The first-order chi connectivity index (χ1) is 12.1. The third-order valence-corrected chi connectivity index (χ3v) is 4.77. The molecular weight excluding hydrogens is 316 g/mol. The van der Waals surface area contributed by atoms with Crippen LogP contribution in [0.4, 0.5) is 4.79 Å². The normalized spacial score (nSPS) is 20.2. The summed E-state index contributed by atoms with van der Waals surface area (Å²) in [5.74, 6) is 0.981. The van der Waals surface area contributed by atoms with E-state index in [4.69, 9.17) is 0 Å². The van der Waals surface area contributed by atoms with Crippen molar-refractivity contribution in [3.8, 4) is 0 Å². The Hall–Kier alpha value is -2.34. The minimum atomic E-state index is -0.429. The van der Waals surface area contributed by atoms with Crippen LogP contribution in [-0.4, -0.2) is 32.8 Å². The highest BCUT2D eigenvalue weighted by Gasteiger charge is 2.24. The van der Waals surface area contributed by atoms with Crippen LogP contribution >= 0.6 is 0 Å². The van der Waals surface area contributed by atoms with Crippen molar-refractivity contribution < 1.29 is 9.90 Å². The van der Waals surface area contributed by atoms with Gasteiger partial charge in [0.15, 0.2) is 0 Å². The topological polar surface area (TPSA) is 79.2 Å². The molecule has 3 N–H and O–H groups in total. The van der Waals surface area contributed by atoms with Crippen molar-refractivity contribution >= 4 is 6.03 Å². The summed E-state index contributed by atoms with van der Waals surface area (Å²) in [4.78, 5) is 16.3. The van der Waals surface area contributed by atoms with Crippen LogP contribution in [0.2, 0.25) is 0 Å². The molecule has 1 aromatic carbocycles. The first-order valence-electron chi connectivity index (χ1n) is 8.90. The molecule has 1 aliphatic carbocycles. The lowest BCUT2D eigenvalue weighted by atomic mass is 9.93. The minimum absolute atomic E-state index is 0.135. The number of aliphatic hydroxyl groups excluding tert-OH is 1. The van der Waals surface area contributed by atoms with Crippen molar-refractivity contribution in [1.29, 1.82) is 0 Å². The van der Waals surface area contributed by atoms with E-state index in [1.165, 1.54) is 5.56 Å². The van der Waals surface area contributed by atoms with Gasteiger partial charge in [0, 0.05) is 25.5 Å². The molecule has 25 heavy (non-hydrogen) atoms. The number of rotatable bonds is 5. The predicted octanol–water partition coefficient (Wildman–Crippen LogP) is 2.34. The fourth-order valence-corrected chi connectivity index (χ4v) is 3.29. The van der Waals surface area contributed by atoms with Gasteiger partial charge in [-0.25, -0.2) is 9.78 Å². The van der Waals surface area contributed by atoms with Crippen LogP contribution in [0.15, 0.2) is 36.7 Å². The molecular formula is C19H26N4O2. The van der Waals surface area contributed by atoms with Gasteiger partial charge in [0.05, 0.1) is 12.1 Å². The highest BCUT2D eigenvalue weighted by Crippen LogP contribution is 2.18. The number of benzene rings is 1. The van der Waals surface area contributed by atoms with Crippen LogP contribution in [0.1, 0.15) is 42.6 Å². The Bertz CT molecular complexity index is 713. The van der Waals surface area contributed by atoms with Crippen LogP contribution in [0, 0.1) is 6.92 Å². The number of urea groups is 1. The molecule has 0 bridgehead atoms. The Morgan fingerprint density at radius 3 is 2.88 bits per heavy atom. The van der Waals surface area contributed by atoms with Gasteiger partial charge in [0.2, 0.25) is 0 Å². The van der Waals surface area contributed by atoms with Gasteiger partial charge in [-0.3, -0.25) is 0 Å². The summed E-state index contributed by atoms with van der Waals surface area (Å²) in [6.07, 6.45) is 7.02. The lowest BCUT2D eigenvalue weighted by Gasteiger charge is -2.28. The van der Waals surface area contributed by atoms with Crippen LogP contribution in [0.5, 0.6) is 0 Å². The molecule has 3 rings (SSSR count). The molecule has 1 saturated carbocycles. The number of nitrogens with one attached hydrogen (secondary N) is 2. The lowest BCUT2D eigenvalue weighted by Crippen LogP contribution is -2.48. The zero-order chi connectivity index (χ0) is 17.6. The SMILES string of the molecule is Cc1nccn1Cc1cccc(CNC(=O)N[C@@H]2CCCC[C@@H]2O)c1. The van der Waals surface area contributed by atoms with Gasteiger partial charge in [0.25, 0.3) is 0 Å². The van der Waals surface area contributed by atoms with Gasteiger partial charge in [0.1, 0.15) is 5.82 Å². The molecule has 0 unspecified atom stereocenters. The van der Waals surface area contributed by atoms with Gasteiger partial charge in [-0.2, -0.15) is 0 Å². The second-order valence-corrected chi connectivity index (χ2v) is 6.71. The van der Waals surface area contributed by atoms with E-state index < -0.39 is 6.10 Å². The first kappa shape index (κ1) is 17.5. The summed E-state index contributed by atoms with van der Waals surface area (Å²) in [7, 11) is 0. The van der Waals surface area contributed by atoms with Gasteiger partial charge in [-0.1, -0.05) is 37.1 Å². The number of hydrogen-bond acceptors (Lipinski definition) is 3. The summed E-state index contributed by atoms with van der Waals surface area (Å²) in [6, 6.07) is 7.81. The number of amides is 2. The first-order valence-corrected chi connectivity index (χ1v) is 8.90. The predicted molar refractivity (Wildman–Crippen MR) is 96.1 cm³/mol. The van der Waals surface area contributed by atoms with Crippen LogP contribution in [0.25, 0.3) is 0 Å². The van der Waals surface area contributed by atoms with Gasteiger partial charge in [-0.15, -0.1) is 0 Å². The molecule has 1 heterocycles. The minimum Gasteiger partial charge on any atom is -0.391 e. The molecule has 2 aromatic rings. The average Bonchev–Trinajstić information content (AvgIpc) is 3.00. The maximum absolute atomic E-state index is 12.1. The lowest BCUT2D eigenvalue weighted by molar-refractivity contribution is 0.0943. The number of carbonyl (C=O) groups excluding carboxylic acids is 1. The summed E-state index contributed by atoms with van der Waals surface area (Å²) in [5, 5.41) is 15.7. The molecule has 134 valence electrons. The van der Waals surface area contributed by atoms with Crippen molar-refractivity contribution in [3.63, 3.8) is 0 Å². The van der Waals surface area contributed by atoms with Crippen LogP contribution < -0.4 is 10.6 Å². The van der Waals surface area contributed by atoms with E-state index in [0.717, 1.165) is 43.6 Å². The standard InChI is InChI=1S/C19H26N4O2/c1-14-20-9-10-23(14)13-16-6-4-5-15(11-16)12-21-19(25)22-17-7-2-3-8-18(17)24/h4-6,9-11,17-18,24H,2-3,7-8,12-13H2,1H3,(H2,21,22,25)/t17-,18+/m1/s1. The van der Waals surface area contributed by atoms with E-state index in [-0.39, 0.29) is 12.1 Å². The number of nitrogens with zero attached hydrogens (tertiary/aromatic N) is 2. The number of imidazole rings is 1. The Balaban J connectivity index is 1.52. The molecule has 0 aliphatic heterocycles. The Morgan fingerprint density at radius 1 is 1.32 bits per heavy atom. The van der Waals surface area contributed by atoms with E-state index in [2.05, 4.69) is 32.3 Å². The van der Waals surface area contributed by atoms with Gasteiger partial charge in [-0.05, 0) is 30.9 Å². The average molecular weight is 342 g/mol. The van der Waals surface area contributed by atoms with E-state index >= 15 is 0 Å². The van der Waals surface area contributed by atoms with Crippen molar-refractivity contribution in [2.24, 2.45) is 0 Å². The van der Waals surface area contributed by atoms with Crippen molar-refractivity contribution in [3.05, 3.63) is 53.6 Å². The number of hydrogen-bond donors (Lipinski definition) is 3. The molecule has 1 aliphatic rings. The summed E-state index contributed by atoms with van der Waals surface area (Å²) in [6.45, 7) is 3.21. The summed E-state index contributed by atoms with van der Waals surface area (Å²) >= 11 is 0. The largest absolute Gasteiger partial charge is 0.391 e. The third kappa shape index (κ3) is 4.82. The number of aromatic nitrogens is 2. The van der Waals surface area contributed by atoms with E-state index in [1.54, 1.807) is 6.20 Å². The second kappa shape index (κ2) is 8.16. The molecule has 0 spiro atoms. The molecule has 2 atom stereocenters. The molecule has 0 saturated heterocycles. The number of aryl methyl sites for hydroxylation is 1. The molecule has 6 heteroatoms. The maximum Gasteiger partial charge on any atom is 0.315 e. The van der Waals surface area contributed by atoms with E-state index in [9.17, 15) is 9.90 Å². The van der Waals surface area contributed by atoms with E-state index in [1.807, 2.05) is 25.3 Å². The highest BCUT2D eigenvalue weighted by atomic mass is 16.3. The van der Waals surface area contributed by atoms with Gasteiger partial charge >= 0.3 is 6.03 Å². The second-order valence-electron chi connectivity index (χ2n) is 6.71. The zero-order valence-corrected chi connectivity index (χ0v) is 14.6. The van der Waals surface area contributed by atoms with Crippen molar-refractivity contribution in [2.45, 2.75) is 57.8 Å². The fraction of sp³-hybridized carbons (Fsp3) is 0.474. The van der Waals surface area contributed by atoms with Crippen molar-refractivity contribution in [1.82, 2.24) is 20.2 Å². The van der Waals surface area contributed by atoms with Crippen LogP contribution in [0.3, 0.4) is 0 Å². The highest BCUT2D eigenvalue weighted by molar-refractivity contribution is 5.74. The molecule has 2 amide bonds. The van der Waals surface area contributed by atoms with Crippen LogP contribution in [-0.2, 0) is 13.1 Å². The molecule has 1 aromatic heterocycles. The third-order valence-electron chi connectivity index (χ3n) is 4.77. The Morgan fingerprint density at radius 2 is 2.12 bits per heavy atom. The van der Waals surface area contributed by atoms with Gasteiger partial charge < -0.3 is 20.3 Å². The zero-order valence-electron chi connectivity index (χ0n) is 14.6. The maximum atomic E-state index is 12.1. The van der Waals surface area contributed by atoms with Crippen molar-refractivity contribution in [2.75, 3.05) is 0 Å². The summed E-state index contributed by atoms with van der Waals surface area (Å²) in [5.41, 5.74) is 2.22. The quantitative estimate of drug-likeness (QED) is 0.780. The fourth-order valence-electron chi connectivity index (χ4n) is 3.29. The Labute approximate surface area is 148 Å². The molecule has 0 radical (unpaired) electrons. The molecule has 6 nitrogen and oxygen atoms in total. The summed E-state index contributed by atoms with van der Waals surface area (Å²) < 4.78 is 2.09.